The standard InChI is InChI=1S/C20H13ClN4O2S2/c1-11-24-25-20(29-11)28-10-15-14-4-2-3-5-17(14)27-18(15)19(26)23-13-7-6-12(9-22)16(21)8-13/h2-8H,10H2,1H3,(H,23,26). The molecule has 0 fully saturated rings. The molecule has 0 aliphatic carbocycles. The molecule has 0 atom stereocenters. The normalized spacial score (nSPS) is 10.8. The molecule has 4 rings (SSSR count). The topological polar surface area (TPSA) is 91.8 Å². The fourth-order valence-electron chi connectivity index (χ4n) is 2.77. The Labute approximate surface area is 179 Å². The van der Waals surface area contributed by atoms with Crippen LogP contribution in [0.25, 0.3) is 11.0 Å². The number of halogens is 1. The molecule has 0 unspecified atom stereocenters. The third-order valence-corrected chi connectivity index (χ3v) is 6.41. The first-order valence-electron chi connectivity index (χ1n) is 8.49. The molecule has 0 saturated heterocycles. The van der Waals surface area contributed by atoms with Crippen LogP contribution in [0, 0.1) is 18.3 Å². The summed E-state index contributed by atoms with van der Waals surface area (Å²) < 4.78 is 6.69. The van der Waals surface area contributed by atoms with Crippen LogP contribution in [0.4, 0.5) is 5.69 Å². The van der Waals surface area contributed by atoms with Crippen molar-refractivity contribution in [2.45, 2.75) is 17.0 Å². The van der Waals surface area contributed by atoms with E-state index in [9.17, 15) is 4.79 Å². The number of anilines is 1. The van der Waals surface area contributed by atoms with Crippen molar-refractivity contribution in [3.8, 4) is 6.07 Å². The molecule has 2 aromatic heterocycles. The predicted molar refractivity (Wildman–Crippen MR) is 115 cm³/mol. The van der Waals surface area contributed by atoms with Crippen molar-refractivity contribution in [1.29, 1.82) is 5.26 Å². The van der Waals surface area contributed by atoms with Crippen LogP contribution >= 0.6 is 34.7 Å². The van der Waals surface area contributed by atoms with Crippen LogP contribution in [-0.4, -0.2) is 16.1 Å². The fourth-order valence-corrected chi connectivity index (χ4v) is 4.83. The van der Waals surface area contributed by atoms with Crippen molar-refractivity contribution in [1.82, 2.24) is 10.2 Å². The van der Waals surface area contributed by atoms with Gasteiger partial charge in [0.2, 0.25) is 0 Å². The zero-order valence-electron chi connectivity index (χ0n) is 15.1. The Balaban J connectivity index is 1.64. The quantitative estimate of drug-likeness (QED) is 0.402. The minimum absolute atomic E-state index is 0.236. The summed E-state index contributed by atoms with van der Waals surface area (Å²) >= 11 is 9.07. The number of rotatable bonds is 5. The molecular weight excluding hydrogens is 428 g/mol. The van der Waals surface area contributed by atoms with Gasteiger partial charge >= 0.3 is 0 Å². The third-order valence-electron chi connectivity index (χ3n) is 4.10. The highest BCUT2D eigenvalue weighted by atomic mass is 35.5. The zero-order valence-corrected chi connectivity index (χ0v) is 17.5. The number of para-hydroxylation sites is 1. The second-order valence-corrected chi connectivity index (χ2v) is 8.85. The van der Waals surface area contributed by atoms with Crippen molar-refractivity contribution in [3.05, 3.63) is 69.4 Å². The summed E-state index contributed by atoms with van der Waals surface area (Å²) in [5.41, 5.74) is 2.26. The smallest absolute Gasteiger partial charge is 0.291 e. The molecule has 0 bridgehead atoms. The number of carbonyl (C=O) groups excluding carboxylic acids is 1. The molecule has 0 aliphatic rings. The van der Waals surface area contributed by atoms with Gasteiger partial charge in [0.1, 0.15) is 16.7 Å². The lowest BCUT2D eigenvalue weighted by Gasteiger charge is -2.06. The average Bonchev–Trinajstić information content (AvgIpc) is 3.29. The van der Waals surface area contributed by atoms with Crippen LogP contribution in [0.1, 0.15) is 26.7 Å². The zero-order chi connectivity index (χ0) is 20.4. The highest BCUT2D eigenvalue weighted by Gasteiger charge is 2.21. The number of nitrogens with one attached hydrogen (secondary N) is 1. The maximum atomic E-state index is 12.9. The summed E-state index contributed by atoms with van der Waals surface area (Å²) in [6.07, 6.45) is 0. The highest BCUT2D eigenvalue weighted by molar-refractivity contribution is 8.00. The van der Waals surface area contributed by atoms with Crippen LogP contribution in [-0.2, 0) is 5.75 Å². The lowest BCUT2D eigenvalue weighted by molar-refractivity contribution is 0.0998. The molecule has 4 aromatic rings. The molecule has 9 heteroatoms. The summed E-state index contributed by atoms with van der Waals surface area (Å²) in [7, 11) is 0. The van der Waals surface area contributed by atoms with Crippen LogP contribution < -0.4 is 5.32 Å². The van der Waals surface area contributed by atoms with Gasteiger partial charge in [0, 0.05) is 22.4 Å². The number of carbonyl (C=O) groups is 1. The molecule has 29 heavy (non-hydrogen) atoms. The van der Waals surface area contributed by atoms with E-state index in [1.54, 1.807) is 18.2 Å². The first-order chi connectivity index (χ1) is 14.0. The van der Waals surface area contributed by atoms with Gasteiger partial charge in [-0.3, -0.25) is 4.79 Å². The Hall–Kier alpha value is -2.86. The number of nitriles is 1. The monoisotopic (exact) mass is 440 g/mol. The first kappa shape index (κ1) is 19.5. The molecule has 144 valence electrons. The van der Waals surface area contributed by atoms with Gasteiger partial charge in [0.25, 0.3) is 5.91 Å². The van der Waals surface area contributed by atoms with E-state index in [1.807, 2.05) is 37.3 Å². The van der Waals surface area contributed by atoms with Crippen LogP contribution in [0.3, 0.4) is 0 Å². The molecule has 0 aliphatic heterocycles. The molecule has 2 heterocycles. The molecule has 6 nitrogen and oxygen atoms in total. The van der Waals surface area contributed by atoms with E-state index >= 15 is 0 Å². The second-order valence-electron chi connectivity index (χ2n) is 6.04. The number of hydrogen-bond donors (Lipinski definition) is 1. The Bertz CT molecular complexity index is 1260. The van der Waals surface area contributed by atoms with Gasteiger partial charge in [-0.1, -0.05) is 52.9 Å². The number of fused-ring (bicyclic) bond motifs is 1. The molecular formula is C20H13ClN4O2S2. The van der Waals surface area contributed by atoms with Crippen LogP contribution in [0.15, 0.2) is 51.2 Å². The lowest BCUT2D eigenvalue weighted by Crippen LogP contribution is -2.12. The van der Waals surface area contributed by atoms with Gasteiger partial charge in [-0.05, 0) is 31.2 Å². The van der Waals surface area contributed by atoms with E-state index < -0.39 is 0 Å². The van der Waals surface area contributed by atoms with E-state index in [2.05, 4.69) is 15.5 Å². The molecule has 0 spiro atoms. The minimum Gasteiger partial charge on any atom is -0.451 e. The van der Waals surface area contributed by atoms with E-state index in [0.717, 1.165) is 20.3 Å². The van der Waals surface area contributed by atoms with Crippen LogP contribution in [0.5, 0.6) is 0 Å². The molecule has 1 amide bonds. The van der Waals surface area contributed by atoms with Crippen molar-refractivity contribution < 1.29 is 9.21 Å². The Morgan fingerprint density at radius 1 is 1.31 bits per heavy atom. The number of furan rings is 1. The van der Waals surface area contributed by atoms with E-state index in [4.69, 9.17) is 21.3 Å². The summed E-state index contributed by atoms with van der Waals surface area (Å²) in [5.74, 6) is 0.370. The van der Waals surface area contributed by atoms with Gasteiger partial charge in [0.15, 0.2) is 10.1 Å². The Kier molecular flexibility index (Phi) is 5.53. The lowest BCUT2D eigenvalue weighted by atomic mass is 10.1. The number of aryl methyl sites for hydroxylation is 1. The van der Waals surface area contributed by atoms with Gasteiger partial charge in [-0.25, -0.2) is 0 Å². The highest BCUT2D eigenvalue weighted by Crippen LogP contribution is 2.33. The van der Waals surface area contributed by atoms with E-state index in [0.29, 0.717) is 22.6 Å². The number of nitrogens with zero attached hydrogens (tertiary/aromatic N) is 3. The first-order valence-corrected chi connectivity index (χ1v) is 10.7. The van der Waals surface area contributed by atoms with E-state index in [-0.39, 0.29) is 16.7 Å². The summed E-state index contributed by atoms with van der Waals surface area (Å²) in [4.78, 5) is 12.9. The maximum absolute atomic E-state index is 12.9. The van der Waals surface area contributed by atoms with Crippen molar-refractivity contribution in [2.24, 2.45) is 0 Å². The minimum atomic E-state index is -0.383. The SMILES string of the molecule is Cc1nnc(SCc2c(C(=O)Nc3ccc(C#N)c(Cl)c3)oc3ccccc23)s1. The van der Waals surface area contributed by atoms with Gasteiger partial charge in [-0.2, -0.15) is 5.26 Å². The summed E-state index contributed by atoms with van der Waals surface area (Å²) in [6.45, 7) is 1.90. The molecule has 2 aromatic carbocycles. The van der Waals surface area contributed by atoms with E-state index in [1.165, 1.54) is 23.1 Å². The third kappa shape index (κ3) is 4.12. The predicted octanol–water partition coefficient (Wildman–Crippen LogP) is 5.66. The molecule has 0 saturated carbocycles. The number of amides is 1. The largest absolute Gasteiger partial charge is 0.451 e. The summed E-state index contributed by atoms with van der Waals surface area (Å²) in [6, 6.07) is 14.2. The summed E-state index contributed by atoms with van der Waals surface area (Å²) in [5, 5.41) is 22.0. The Morgan fingerprint density at radius 3 is 2.86 bits per heavy atom. The average molecular weight is 441 g/mol. The molecule has 1 N–H and O–H groups in total. The number of benzene rings is 2. The van der Waals surface area contributed by atoms with Crippen molar-refractivity contribution in [3.63, 3.8) is 0 Å². The van der Waals surface area contributed by atoms with Gasteiger partial charge < -0.3 is 9.73 Å². The molecule has 0 radical (unpaired) electrons. The maximum Gasteiger partial charge on any atom is 0.291 e. The fraction of sp³-hybridized carbons (Fsp3) is 0.100. The number of thioether (sulfide) groups is 1. The van der Waals surface area contributed by atoms with Crippen molar-refractivity contribution >= 4 is 57.3 Å². The Morgan fingerprint density at radius 2 is 2.14 bits per heavy atom. The van der Waals surface area contributed by atoms with Crippen molar-refractivity contribution in [2.75, 3.05) is 5.32 Å². The number of hydrogen-bond acceptors (Lipinski definition) is 7. The van der Waals surface area contributed by atoms with Crippen LogP contribution in [0.2, 0.25) is 5.02 Å². The van der Waals surface area contributed by atoms with Gasteiger partial charge in [0.05, 0.1) is 10.6 Å². The number of aromatic nitrogens is 2. The second kappa shape index (κ2) is 8.25. The van der Waals surface area contributed by atoms with Gasteiger partial charge in [-0.15, -0.1) is 10.2 Å².